The van der Waals surface area contributed by atoms with Crippen molar-refractivity contribution in [2.24, 2.45) is 4.99 Å². The maximum absolute atomic E-state index is 12.3. The number of likely N-dealkylation sites (N-methyl/N-ethyl adjacent to an activating group) is 1. The van der Waals surface area contributed by atoms with Crippen LogP contribution in [0, 0.1) is 11.5 Å². The van der Waals surface area contributed by atoms with Crippen molar-refractivity contribution in [3.8, 4) is 11.5 Å². The summed E-state index contributed by atoms with van der Waals surface area (Å²) in [6.45, 7) is 6.74. The zero-order valence-electron chi connectivity index (χ0n) is 15.4. The molecule has 0 saturated heterocycles. The number of rotatable bonds is 1. The van der Waals surface area contributed by atoms with Gasteiger partial charge in [-0.15, -0.1) is 5.54 Å². The maximum atomic E-state index is 12.3. The molecular formula is C21H21ClN2OSi. The number of carbonyl (C=O) groups excluding carboxylic acids is 1. The Morgan fingerprint density at radius 1 is 1.12 bits per heavy atom. The molecule has 5 heteroatoms. The first kappa shape index (κ1) is 18.4. The molecule has 3 rings (SSSR count). The van der Waals surface area contributed by atoms with E-state index in [0.29, 0.717) is 5.02 Å². The van der Waals surface area contributed by atoms with E-state index in [-0.39, 0.29) is 12.5 Å². The largest absolute Gasteiger partial charge is 0.313 e. The van der Waals surface area contributed by atoms with E-state index < -0.39 is 8.07 Å². The molecule has 0 radical (unpaired) electrons. The molecule has 0 spiro atoms. The molecule has 2 aromatic rings. The third kappa shape index (κ3) is 3.90. The Kier molecular flexibility index (Phi) is 5.04. The Bertz CT molecular complexity index is 964. The minimum Gasteiger partial charge on any atom is -0.313 e. The van der Waals surface area contributed by atoms with Crippen molar-refractivity contribution in [2.45, 2.75) is 19.6 Å². The smallest absolute Gasteiger partial charge is 0.248 e. The van der Waals surface area contributed by atoms with Gasteiger partial charge in [0.2, 0.25) is 5.91 Å². The number of benzene rings is 2. The summed E-state index contributed by atoms with van der Waals surface area (Å²) in [4.78, 5) is 18.6. The topological polar surface area (TPSA) is 32.7 Å². The number of hydrogen-bond donors (Lipinski definition) is 0. The van der Waals surface area contributed by atoms with Crippen LogP contribution in [-0.2, 0) is 4.79 Å². The number of benzodiazepines with no additional fused rings is 1. The summed E-state index contributed by atoms with van der Waals surface area (Å²) in [7, 11) is 0.301. The first-order valence-corrected chi connectivity index (χ1v) is 12.4. The van der Waals surface area contributed by atoms with Crippen molar-refractivity contribution >= 4 is 37.0 Å². The van der Waals surface area contributed by atoms with E-state index in [1.165, 1.54) is 0 Å². The molecule has 1 amide bonds. The van der Waals surface area contributed by atoms with Gasteiger partial charge >= 0.3 is 0 Å². The molecule has 0 aromatic heterocycles. The average molecular weight is 381 g/mol. The Morgan fingerprint density at radius 3 is 2.54 bits per heavy atom. The Balaban J connectivity index is 2.20. The van der Waals surface area contributed by atoms with Crippen LogP contribution in [-0.4, -0.2) is 33.3 Å². The Hall–Kier alpha value is -2.35. The van der Waals surface area contributed by atoms with Crippen LogP contribution in [0.2, 0.25) is 24.7 Å². The van der Waals surface area contributed by atoms with Crippen LogP contribution in [0.3, 0.4) is 0 Å². The van der Waals surface area contributed by atoms with Crippen LogP contribution in [0.5, 0.6) is 0 Å². The lowest BCUT2D eigenvalue weighted by molar-refractivity contribution is -0.116. The number of fused-ring (bicyclic) bond motifs is 1. The van der Waals surface area contributed by atoms with Crippen LogP contribution < -0.4 is 4.90 Å². The summed E-state index contributed by atoms with van der Waals surface area (Å²) in [6.07, 6.45) is 0. The third-order valence-corrected chi connectivity index (χ3v) is 5.27. The van der Waals surface area contributed by atoms with Crippen molar-refractivity contribution in [3.63, 3.8) is 0 Å². The molecule has 0 bridgehead atoms. The lowest BCUT2D eigenvalue weighted by atomic mass is 9.98. The number of halogens is 1. The minimum atomic E-state index is -1.48. The van der Waals surface area contributed by atoms with Crippen molar-refractivity contribution < 1.29 is 4.79 Å². The van der Waals surface area contributed by atoms with Crippen LogP contribution in [0.1, 0.15) is 16.7 Å². The van der Waals surface area contributed by atoms with Crippen molar-refractivity contribution in [3.05, 3.63) is 64.2 Å². The SMILES string of the molecule is CN1C(=O)CN=C(c2ccccc2Cl)c2cc(C#C[Si](C)(C)C)ccc21. The van der Waals surface area contributed by atoms with Gasteiger partial charge in [0.1, 0.15) is 14.6 Å². The standard InChI is InChI=1S/C21H21ClN2OSi/c1-24-19-10-9-15(11-12-26(2,3)4)13-17(19)21(23-14-20(24)25)16-7-5-6-8-18(16)22/h5-10,13H,14H2,1-4H3. The molecule has 132 valence electrons. The zero-order chi connectivity index (χ0) is 18.9. The average Bonchev–Trinajstić information content (AvgIpc) is 2.71. The summed E-state index contributed by atoms with van der Waals surface area (Å²) in [6, 6.07) is 13.5. The van der Waals surface area contributed by atoms with Gasteiger partial charge in [0.05, 0.1) is 11.4 Å². The summed E-state index contributed by atoms with van der Waals surface area (Å²) in [5, 5.41) is 0.618. The Morgan fingerprint density at radius 2 is 1.85 bits per heavy atom. The fourth-order valence-corrected chi connectivity index (χ4v) is 3.46. The maximum Gasteiger partial charge on any atom is 0.248 e. The zero-order valence-corrected chi connectivity index (χ0v) is 17.2. The fourth-order valence-electron chi connectivity index (χ4n) is 2.71. The van der Waals surface area contributed by atoms with E-state index in [9.17, 15) is 4.79 Å². The molecular weight excluding hydrogens is 360 g/mol. The quantitative estimate of drug-likeness (QED) is 0.533. The second kappa shape index (κ2) is 7.11. The first-order valence-electron chi connectivity index (χ1n) is 8.50. The van der Waals surface area contributed by atoms with Gasteiger partial charge in [-0.25, -0.2) is 0 Å². The van der Waals surface area contributed by atoms with Crippen LogP contribution in [0.25, 0.3) is 0 Å². The molecule has 0 saturated carbocycles. The monoisotopic (exact) mass is 380 g/mol. The van der Waals surface area contributed by atoms with E-state index in [2.05, 4.69) is 36.1 Å². The minimum absolute atomic E-state index is 0.0470. The molecule has 0 unspecified atom stereocenters. The van der Waals surface area contributed by atoms with E-state index in [1.54, 1.807) is 11.9 Å². The van der Waals surface area contributed by atoms with Crippen molar-refractivity contribution in [2.75, 3.05) is 18.5 Å². The third-order valence-electron chi connectivity index (χ3n) is 4.07. The van der Waals surface area contributed by atoms with Crippen LogP contribution in [0.4, 0.5) is 5.69 Å². The second-order valence-corrected chi connectivity index (χ2v) is 12.5. The van der Waals surface area contributed by atoms with Gasteiger partial charge < -0.3 is 4.90 Å². The highest BCUT2D eigenvalue weighted by Crippen LogP contribution is 2.29. The Labute approximate surface area is 160 Å². The van der Waals surface area contributed by atoms with Gasteiger partial charge in [-0.05, 0) is 24.3 Å². The number of amides is 1. The first-order chi connectivity index (χ1) is 12.3. The molecule has 0 aliphatic carbocycles. The summed E-state index contributed by atoms with van der Waals surface area (Å²) < 4.78 is 0. The highest BCUT2D eigenvalue weighted by molar-refractivity contribution is 6.83. The van der Waals surface area contributed by atoms with E-state index >= 15 is 0 Å². The van der Waals surface area contributed by atoms with E-state index in [1.807, 2.05) is 42.5 Å². The molecule has 1 aliphatic heterocycles. The summed E-state index contributed by atoms with van der Waals surface area (Å²) in [5.74, 6) is 3.24. The van der Waals surface area contributed by atoms with Gasteiger partial charge in [0.15, 0.2) is 0 Å². The molecule has 1 heterocycles. The normalized spacial score (nSPS) is 14.1. The van der Waals surface area contributed by atoms with Crippen molar-refractivity contribution in [1.29, 1.82) is 0 Å². The predicted octanol–water partition coefficient (Wildman–Crippen LogP) is 4.38. The fraction of sp³-hybridized carbons (Fsp3) is 0.238. The molecule has 1 aliphatic rings. The number of aliphatic imine (C=N–C) groups is 1. The number of nitrogens with zero attached hydrogens (tertiary/aromatic N) is 2. The highest BCUT2D eigenvalue weighted by atomic mass is 35.5. The van der Waals surface area contributed by atoms with Gasteiger partial charge in [0, 0.05) is 28.8 Å². The second-order valence-electron chi connectivity index (χ2n) is 7.33. The van der Waals surface area contributed by atoms with Gasteiger partial charge in [-0.2, -0.15) is 0 Å². The lowest BCUT2D eigenvalue weighted by Crippen LogP contribution is -2.27. The molecule has 26 heavy (non-hydrogen) atoms. The number of carbonyl (C=O) groups is 1. The van der Waals surface area contributed by atoms with Gasteiger partial charge in [0.25, 0.3) is 0 Å². The molecule has 3 nitrogen and oxygen atoms in total. The highest BCUT2D eigenvalue weighted by Gasteiger charge is 2.23. The lowest BCUT2D eigenvalue weighted by Gasteiger charge is -2.18. The van der Waals surface area contributed by atoms with Crippen molar-refractivity contribution in [1.82, 2.24) is 0 Å². The van der Waals surface area contributed by atoms with E-state index in [0.717, 1.165) is 28.1 Å². The van der Waals surface area contributed by atoms with Gasteiger partial charge in [-0.3, -0.25) is 9.79 Å². The number of anilines is 1. The molecule has 2 aromatic carbocycles. The van der Waals surface area contributed by atoms with Gasteiger partial charge in [-0.1, -0.05) is 55.4 Å². The van der Waals surface area contributed by atoms with E-state index in [4.69, 9.17) is 11.6 Å². The summed E-state index contributed by atoms with van der Waals surface area (Å²) in [5.41, 5.74) is 7.58. The molecule has 0 fully saturated rings. The molecule has 0 N–H and O–H groups in total. The predicted molar refractivity (Wildman–Crippen MR) is 112 cm³/mol. The van der Waals surface area contributed by atoms with Crippen LogP contribution >= 0.6 is 11.6 Å². The summed E-state index contributed by atoms with van der Waals surface area (Å²) >= 11 is 6.41. The molecule has 0 atom stereocenters. The van der Waals surface area contributed by atoms with Crippen LogP contribution in [0.15, 0.2) is 47.5 Å². The number of hydrogen-bond acceptors (Lipinski definition) is 2.